The Balaban J connectivity index is 3.04. The van der Waals surface area contributed by atoms with Crippen LogP contribution in [0.3, 0.4) is 0 Å². The Hall–Kier alpha value is -2.51. The molecule has 0 unspecified atom stereocenters. The van der Waals surface area contributed by atoms with E-state index in [2.05, 4.69) is 21.9 Å². The standard InChI is InChI=1S/C10H8N4O2/c1-8-9(5-3-7-12-13-11)4-2-6-10(8)14(15)16/h2,4,6H,7H2,1H3. The molecule has 0 aliphatic rings. The van der Waals surface area contributed by atoms with Gasteiger partial charge in [-0.2, -0.15) is 0 Å². The van der Waals surface area contributed by atoms with Gasteiger partial charge in [-0.25, -0.2) is 0 Å². The minimum Gasteiger partial charge on any atom is -0.258 e. The van der Waals surface area contributed by atoms with Gasteiger partial charge in [0, 0.05) is 22.1 Å². The average Bonchev–Trinajstić information content (AvgIpc) is 2.26. The van der Waals surface area contributed by atoms with Crippen LogP contribution in [0.25, 0.3) is 10.4 Å². The molecule has 16 heavy (non-hydrogen) atoms. The van der Waals surface area contributed by atoms with Crippen molar-refractivity contribution in [1.29, 1.82) is 0 Å². The summed E-state index contributed by atoms with van der Waals surface area (Å²) in [5.41, 5.74) is 9.16. The number of nitro benzene ring substituents is 1. The van der Waals surface area contributed by atoms with E-state index in [9.17, 15) is 10.1 Å². The molecule has 0 aliphatic heterocycles. The largest absolute Gasteiger partial charge is 0.273 e. The number of nitrogens with zero attached hydrogens (tertiary/aromatic N) is 4. The number of azide groups is 1. The summed E-state index contributed by atoms with van der Waals surface area (Å²) < 4.78 is 0. The molecule has 0 bridgehead atoms. The lowest BCUT2D eigenvalue weighted by molar-refractivity contribution is -0.385. The minimum atomic E-state index is -0.450. The molecule has 0 N–H and O–H groups in total. The second kappa shape index (κ2) is 5.39. The molecule has 0 saturated heterocycles. The first-order valence-electron chi connectivity index (χ1n) is 4.40. The van der Waals surface area contributed by atoms with E-state index in [1.54, 1.807) is 19.1 Å². The van der Waals surface area contributed by atoms with E-state index in [1.165, 1.54) is 6.07 Å². The molecule has 6 heteroatoms. The van der Waals surface area contributed by atoms with Crippen LogP contribution in [0.1, 0.15) is 11.1 Å². The van der Waals surface area contributed by atoms with Gasteiger partial charge in [0.05, 0.1) is 11.5 Å². The molecule has 80 valence electrons. The maximum absolute atomic E-state index is 10.6. The molecule has 0 spiro atoms. The van der Waals surface area contributed by atoms with Crippen LogP contribution in [-0.2, 0) is 0 Å². The summed E-state index contributed by atoms with van der Waals surface area (Å²) in [6.45, 7) is 1.69. The van der Waals surface area contributed by atoms with Gasteiger partial charge in [0.1, 0.15) is 0 Å². The van der Waals surface area contributed by atoms with Crippen molar-refractivity contribution in [2.24, 2.45) is 5.11 Å². The molecular formula is C10H8N4O2. The summed E-state index contributed by atoms with van der Waals surface area (Å²) in [5.74, 6) is 5.34. The molecule has 1 aromatic carbocycles. The van der Waals surface area contributed by atoms with E-state index >= 15 is 0 Å². The van der Waals surface area contributed by atoms with Gasteiger partial charge in [0.2, 0.25) is 0 Å². The van der Waals surface area contributed by atoms with Gasteiger partial charge >= 0.3 is 0 Å². The van der Waals surface area contributed by atoms with Gasteiger partial charge in [-0.3, -0.25) is 10.1 Å². The third-order valence-corrected chi connectivity index (χ3v) is 1.94. The van der Waals surface area contributed by atoms with Gasteiger partial charge < -0.3 is 0 Å². The number of hydrogen-bond acceptors (Lipinski definition) is 3. The van der Waals surface area contributed by atoms with E-state index in [-0.39, 0.29) is 12.2 Å². The topological polar surface area (TPSA) is 91.9 Å². The molecule has 6 nitrogen and oxygen atoms in total. The molecular weight excluding hydrogens is 208 g/mol. The second-order valence-corrected chi connectivity index (χ2v) is 2.90. The Labute approximate surface area is 91.7 Å². The summed E-state index contributed by atoms with van der Waals surface area (Å²) in [6, 6.07) is 4.68. The number of nitro groups is 1. The summed E-state index contributed by atoms with van der Waals surface area (Å²) in [7, 11) is 0. The molecule has 1 rings (SSSR count). The van der Waals surface area contributed by atoms with Crippen LogP contribution >= 0.6 is 0 Å². The molecule has 0 aliphatic carbocycles. The van der Waals surface area contributed by atoms with E-state index in [4.69, 9.17) is 5.53 Å². The van der Waals surface area contributed by atoms with Crippen LogP contribution in [-0.4, -0.2) is 11.5 Å². The van der Waals surface area contributed by atoms with Crippen LogP contribution in [0.2, 0.25) is 0 Å². The Morgan fingerprint density at radius 2 is 2.38 bits per heavy atom. The van der Waals surface area contributed by atoms with Crippen LogP contribution in [0.5, 0.6) is 0 Å². The molecule has 0 fully saturated rings. The third-order valence-electron chi connectivity index (χ3n) is 1.94. The van der Waals surface area contributed by atoms with E-state index in [1.807, 2.05) is 0 Å². The van der Waals surface area contributed by atoms with Gasteiger partial charge in [0.15, 0.2) is 0 Å². The zero-order valence-corrected chi connectivity index (χ0v) is 8.54. The lowest BCUT2D eigenvalue weighted by Crippen LogP contribution is -1.93. The maximum atomic E-state index is 10.6. The Bertz CT molecular complexity index is 521. The molecule has 0 atom stereocenters. The highest BCUT2D eigenvalue weighted by Gasteiger charge is 2.11. The van der Waals surface area contributed by atoms with Crippen molar-refractivity contribution in [2.75, 3.05) is 6.54 Å². The maximum Gasteiger partial charge on any atom is 0.273 e. The van der Waals surface area contributed by atoms with Crippen molar-refractivity contribution in [3.05, 3.63) is 49.9 Å². The van der Waals surface area contributed by atoms with Crippen molar-refractivity contribution in [2.45, 2.75) is 6.92 Å². The lowest BCUT2D eigenvalue weighted by atomic mass is 10.1. The average molecular weight is 216 g/mol. The summed E-state index contributed by atoms with van der Waals surface area (Å²) in [6.07, 6.45) is 0. The van der Waals surface area contributed by atoms with Gasteiger partial charge in [-0.1, -0.05) is 23.0 Å². The van der Waals surface area contributed by atoms with Crippen molar-refractivity contribution in [3.8, 4) is 11.8 Å². The predicted molar refractivity (Wildman–Crippen MR) is 58.7 cm³/mol. The molecule has 0 aromatic heterocycles. The van der Waals surface area contributed by atoms with E-state index in [0.29, 0.717) is 11.1 Å². The monoisotopic (exact) mass is 216 g/mol. The number of benzene rings is 1. The normalized spacial score (nSPS) is 8.56. The Morgan fingerprint density at radius 1 is 1.62 bits per heavy atom. The fourth-order valence-electron chi connectivity index (χ4n) is 1.16. The number of hydrogen-bond donors (Lipinski definition) is 0. The smallest absolute Gasteiger partial charge is 0.258 e. The van der Waals surface area contributed by atoms with Gasteiger partial charge in [0.25, 0.3) is 5.69 Å². The van der Waals surface area contributed by atoms with E-state index < -0.39 is 4.92 Å². The van der Waals surface area contributed by atoms with Crippen LogP contribution in [0, 0.1) is 28.9 Å². The van der Waals surface area contributed by atoms with Crippen molar-refractivity contribution in [1.82, 2.24) is 0 Å². The Morgan fingerprint density at radius 3 is 3.00 bits per heavy atom. The highest BCUT2D eigenvalue weighted by Crippen LogP contribution is 2.19. The minimum absolute atomic E-state index is 0.0376. The highest BCUT2D eigenvalue weighted by atomic mass is 16.6. The third kappa shape index (κ3) is 2.74. The van der Waals surface area contributed by atoms with Crippen molar-refractivity contribution >= 4 is 5.69 Å². The first kappa shape index (κ1) is 11.6. The predicted octanol–water partition coefficient (Wildman–Crippen LogP) is 2.57. The molecule has 0 radical (unpaired) electrons. The first-order chi connectivity index (χ1) is 7.66. The Kier molecular flexibility index (Phi) is 3.90. The lowest BCUT2D eigenvalue weighted by Gasteiger charge is -1.98. The summed E-state index contributed by atoms with van der Waals surface area (Å²) in [5, 5.41) is 13.9. The molecule has 0 amide bonds. The van der Waals surface area contributed by atoms with Crippen LogP contribution < -0.4 is 0 Å². The zero-order valence-electron chi connectivity index (χ0n) is 8.54. The summed E-state index contributed by atoms with van der Waals surface area (Å²) >= 11 is 0. The zero-order chi connectivity index (χ0) is 12.0. The van der Waals surface area contributed by atoms with Gasteiger partial charge in [-0.15, -0.1) is 0 Å². The van der Waals surface area contributed by atoms with E-state index in [0.717, 1.165) is 0 Å². The van der Waals surface area contributed by atoms with Crippen LogP contribution in [0.4, 0.5) is 5.69 Å². The first-order valence-corrected chi connectivity index (χ1v) is 4.40. The number of rotatable bonds is 2. The van der Waals surface area contributed by atoms with Crippen molar-refractivity contribution < 1.29 is 4.92 Å². The van der Waals surface area contributed by atoms with Crippen molar-refractivity contribution in [3.63, 3.8) is 0 Å². The molecule has 0 saturated carbocycles. The molecule has 0 heterocycles. The fourth-order valence-corrected chi connectivity index (χ4v) is 1.16. The van der Waals surface area contributed by atoms with Gasteiger partial charge in [-0.05, 0) is 18.5 Å². The highest BCUT2D eigenvalue weighted by molar-refractivity contribution is 5.51. The quantitative estimate of drug-likeness (QED) is 0.190. The van der Waals surface area contributed by atoms with Crippen LogP contribution in [0.15, 0.2) is 23.3 Å². The summed E-state index contributed by atoms with van der Waals surface area (Å²) in [4.78, 5) is 12.7. The molecule has 1 aromatic rings. The SMILES string of the molecule is Cc1c(C#CCN=[N+]=[N-])cccc1[N+](=O)[O-]. The fraction of sp³-hybridized carbons (Fsp3) is 0.200. The second-order valence-electron chi connectivity index (χ2n) is 2.90.